The number of nitrogens with one attached hydrogen (secondary N) is 2. The Hall–Kier alpha value is -2.50. The highest BCUT2D eigenvalue weighted by atomic mass is 16.5. The highest BCUT2D eigenvalue weighted by Gasteiger charge is 2.31. The van der Waals surface area contributed by atoms with Crippen LogP contribution < -0.4 is 15.4 Å². The van der Waals surface area contributed by atoms with Crippen molar-refractivity contribution in [1.29, 1.82) is 0 Å². The summed E-state index contributed by atoms with van der Waals surface area (Å²) in [5, 5.41) is 5.34. The summed E-state index contributed by atoms with van der Waals surface area (Å²) in [4.78, 5) is 23.7. The van der Waals surface area contributed by atoms with Crippen LogP contribution in [0.1, 0.15) is 38.3 Å². The third kappa shape index (κ3) is 4.03. The highest BCUT2D eigenvalue weighted by Crippen LogP contribution is 2.28. The molecule has 0 saturated carbocycles. The van der Waals surface area contributed by atoms with Crippen LogP contribution in [0.3, 0.4) is 0 Å². The molecule has 2 rings (SSSR count). The van der Waals surface area contributed by atoms with Gasteiger partial charge in [0.1, 0.15) is 5.75 Å². The Morgan fingerprint density at radius 2 is 1.96 bits per heavy atom. The number of methoxy groups -OCH3 is 1. The van der Waals surface area contributed by atoms with E-state index in [0.717, 1.165) is 24.2 Å². The van der Waals surface area contributed by atoms with Crippen molar-refractivity contribution in [1.82, 2.24) is 10.6 Å². The van der Waals surface area contributed by atoms with E-state index in [1.54, 1.807) is 6.92 Å². The molecule has 124 valence electrons. The number of esters is 1. The Morgan fingerprint density at radius 3 is 2.57 bits per heavy atom. The van der Waals surface area contributed by atoms with Gasteiger partial charge in [-0.2, -0.15) is 0 Å². The number of benzene rings is 1. The van der Waals surface area contributed by atoms with Gasteiger partial charge in [0.05, 0.1) is 25.3 Å². The molecule has 1 heterocycles. The first-order valence-electron chi connectivity index (χ1n) is 7.66. The van der Waals surface area contributed by atoms with Gasteiger partial charge in [0.15, 0.2) is 0 Å². The van der Waals surface area contributed by atoms with Crippen molar-refractivity contribution in [3.05, 3.63) is 41.1 Å². The predicted molar refractivity (Wildman–Crippen MR) is 86.0 cm³/mol. The molecule has 0 aliphatic carbocycles. The number of hydrogen-bond donors (Lipinski definition) is 2. The summed E-state index contributed by atoms with van der Waals surface area (Å²) in [6.45, 7) is 4.46. The second-order valence-corrected chi connectivity index (χ2v) is 5.33. The number of hydrogen-bond acceptors (Lipinski definition) is 4. The van der Waals surface area contributed by atoms with E-state index in [0.29, 0.717) is 17.9 Å². The number of ether oxygens (including phenoxy) is 2. The lowest BCUT2D eigenvalue weighted by Gasteiger charge is -2.27. The molecule has 0 saturated heterocycles. The summed E-state index contributed by atoms with van der Waals surface area (Å²) in [6.07, 6.45) is 2.08. The normalized spacial score (nSPS) is 17.3. The second-order valence-electron chi connectivity index (χ2n) is 5.33. The standard InChI is InChI=1S/C17H22N2O4/c1-4-5-10-23-13-8-6-12(7-9-13)15-14(16(20)22-3)11(2)18-17(21)19-15/h6-9,15H,4-5,10H2,1-3H3,(H2,18,19,21)/t15-/m1/s1. The fraction of sp³-hybridized carbons (Fsp3) is 0.412. The number of unbranched alkanes of at least 4 members (excludes halogenated alkanes) is 1. The van der Waals surface area contributed by atoms with E-state index >= 15 is 0 Å². The first kappa shape index (κ1) is 16.9. The second kappa shape index (κ2) is 7.67. The molecule has 1 atom stereocenters. The van der Waals surface area contributed by atoms with Crippen molar-refractivity contribution in [2.24, 2.45) is 0 Å². The van der Waals surface area contributed by atoms with E-state index in [-0.39, 0.29) is 6.03 Å². The largest absolute Gasteiger partial charge is 0.494 e. The predicted octanol–water partition coefficient (Wildman–Crippen LogP) is 2.67. The molecule has 2 amide bonds. The van der Waals surface area contributed by atoms with Gasteiger partial charge in [-0.05, 0) is 31.0 Å². The van der Waals surface area contributed by atoms with Crippen LogP contribution in [-0.2, 0) is 9.53 Å². The number of urea groups is 1. The average molecular weight is 318 g/mol. The summed E-state index contributed by atoms with van der Waals surface area (Å²) >= 11 is 0. The Labute approximate surface area is 135 Å². The molecule has 0 radical (unpaired) electrons. The molecular weight excluding hydrogens is 296 g/mol. The van der Waals surface area contributed by atoms with Gasteiger partial charge in [-0.25, -0.2) is 9.59 Å². The van der Waals surface area contributed by atoms with Gasteiger partial charge in [0, 0.05) is 5.70 Å². The fourth-order valence-electron chi connectivity index (χ4n) is 2.42. The molecule has 1 aromatic rings. The molecule has 2 N–H and O–H groups in total. The first-order chi connectivity index (χ1) is 11.1. The van der Waals surface area contributed by atoms with Crippen molar-refractivity contribution < 1.29 is 19.1 Å². The van der Waals surface area contributed by atoms with Crippen LogP contribution in [0.4, 0.5) is 4.79 Å². The zero-order valence-electron chi connectivity index (χ0n) is 13.6. The van der Waals surface area contributed by atoms with Gasteiger partial charge < -0.3 is 20.1 Å². The lowest BCUT2D eigenvalue weighted by atomic mass is 9.95. The lowest BCUT2D eigenvalue weighted by molar-refractivity contribution is -0.136. The molecule has 0 unspecified atom stereocenters. The van der Waals surface area contributed by atoms with E-state index in [1.165, 1.54) is 7.11 Å². The molecular formula is C17H22N2O4. The molecule has 1 aliphatic rings. The average Bonchev–Trinajstić information content (AvgIpc) is 2.54. The van der Waals surface area contributed by atoms with Crippen LogP contribution >= 0.6 is 0 Å². The minimum atomic E-state index is -0.541. The number of carbonyl (C=O) groups is 2. The van der Waals surface area contributed by atoms with E-state index in [2.05, 4.69) is 17.6 Å². The van der Waals surface area contributed by atoms with Gasteiger partial charge in [0.2, 0.25) is 0 Å². The smallest absolute Gasteiger partial charge is 0.337 e. The van der Waals surface area contributed by atoms with Gasteiger partial charge in [-0.15, -0.1) is 0 Å². The lowest BCUT2D eigenvalue weighted by Crippen LogP contribution is -2.45. The Balaban J connectivity index is 2.22. The van der Waals surface area contributed by atoms with Crippen molar-refractivity contribution in [3.63, 3.8) is 0 Å². The molecule has 6 nitrogen and oxygen atoms in total. The summed E-state index contributed by atoms with van der Waals surface area (Å²) < 4.78 is 10.4. The van der Waals surface area contributed by atoms with Crippen molar-refractivity contribution >= 4 is 12.0 Å². The van der Waals surface area contributed by atoms with Crippen molar-refractivity contribution in [2.75, 3.05) is 13.7 Å². The quantitative estimate of drug-likeness (QED) is 0.624. The molecule has 0 spiro atoms. The number of rotatable bonds is 6. The summed E-state index contributed by atoms with van der Waals surface area (Å²) in [5.74, 6) is 0.297. The van der Waals surface area contributed by atoms with Crippen LogP contribution in [-0.4, -0.2) is 25.7 Å². The maximum Gasteiger partial charge on any atom is 0.337 e. The third-order valence-electron chi connectivity index (χ3n) is 3.65. The van der Waals surface area contributed by atoms with Gasteiger partial charge >= 0.3 is 12.0 Å². The zero-order valence-corrected chi connectivity index (χ0v) is 13.6. The number of carbonyl (C=O) groups excluding carboxylic acids is 2. The Morgan fingerprint density at radius 1 is 1.26 bits per heavy atom. The molecule has 23 heavy (non-hydrogen) atoms. The summed E-state index contributed by atoms with van der Waals surface area (Å²) in [7, 11) is 1.32. The maximum absolute atomic E-state index is 12.0. The summed E-state index contributed by atoms with van der Waals surface area (Å²) in [5.41, 5.74) is 1.68. The highest BCUT2D eigenvalue weighted by molar-refractivity contribution is 5.94. The van der Waals surface area contributed by atoms with E-state index < -0.39 is 12.0 Å². The first-order valence-corrected chi connectivity index (χ1v) is 7.66. The Kier molecular flexibility index (Phi) is 5.62. The molecule has 0 fully saturated rings. The maximum atomic E-state index is 12.0. The Bertz CT molecular complexity index is 608. The number of amides is 2. The monoisotopic (exact) mass is 318 g/mol. The minimum Gasteiger partial charge on any atom is -0.494 e. The zero-order chi connectivity index (χ0) is 16.8. The van der Waals surface area contributed by atoms with Crippen LogP contribution in [0.2, 0.25) is 0 Å². The van der Waals surface area contributed by atoms with Crippen LogP contribution in [0, 0.1) is 0 Å². The van der Waals surface area contributed by atoms with Crippen molar-refractivity contribution in [2.45, 2.75) is 32.7 Å². The van der Waals surface area contributed by atoms with Crippen LogP contribution in [0.25, 0.3) is 0 Å². The molecule has 0 bridgehead atoms. The van der Waals surface area contributed by atoms with Crippen molar-refractivity contribution in [3.8, 4) is 5.75 Å². The minimum absolute atomic E-state index is 0.344. The van der Waals surface area contributed by atoms with Gasteiger partial charge in [0.25, 0.3) is 0 Å². The number of allylic oxidation sites excluding steroid dienone is 1. The SMILES string of the molecule is CCCCOc1ccc([C@H]2NC(=O)NC(C)=C2C(=O)OC)cc1. The molecule has 1 aliphatic heterocycles. The topological polar surface area (TPSA) is 76.7 Å². The molecule has 6 heteroatoms. The van der Waals surface area contributed by atoms with Crippen LogP contribution in [0.15, 0.2) is 35.5 Å². The third-order valence-corrected chi connectivity index (χ3v) is 3.65. The van der Waals surface area contributed by atoms with Crippen LogP contribution in [0.5, 0.6) is 5.75 Å². The summed E-state index contributed by atoms with van der Waals surface area (Å²) in [6, 6.07) is 6.47. The van der Waals surface area contributed by atoms with E-state index in [9.17, 15) is 9.59 Å². The van der Waals surface area contributed by atoms with E-state index in [1.807, 2.05) is 24.3 Å². The van der Waals surface area contributed by atoms with Gasteiger partial charge in [-0.3, -0.25) is 0 Å². The molecule has 0 aromatic heterocycles. The van der Waals surface area contributed by atoms with Gasteiger partial charge in [-0.1, -0.05) is 25.5 Å². The van der Waals surface area contributed by atoms with E-state index in [4.69, 9.17) is 9.47 Å². The fourth-order valence-corrected chi connectivity index (χ4v) is 2.42. The molecule has 1 aromatic carbocycles.